The van der Waals surface area contributed by atoms with Gasteiger partial charge >= 0.3 is 0 Å². The zero-order valence-electron chi connectivity index (χ0n) is 20.6. The maximum absolute atomic E-state index is 10.4. The van der Waals surface area contributed by atoms with Crippen molar-refractivity contribution in [1.82, 2.24) is 0 Å². The average Bonchev–Trinajstić information content (AvgIpc) is 2.92. The van der Waals surface area contributed by atoms with Gasteiger partial charge in [0.2, 0.25) is 0 Å². The Bertz CT molecular complexity index is 1120. The van der Waals surface area contributed by atoms with Gasteiger partial charge in [-0.25, -0.2) is 0 Å². The molecule has 0 spiro atoms. The van der Waals surface area contributed by atoms with Gasteiger partial charge in [0.25, 0.3) is 0 Å². The third kappa shape index (κ3) is 5.57. The molecule has 0 heterocycles. The van der Waals surface area contributed by atoms with Crippen LogP contribution in [0.1, 0.15) is 63.4 Å². The molecule has 37 heavy (non-hydrogen) atoms. The number of aromatic hydroxyl groups is 3. The largest absolute Gasteiger partial charge is 0.507 e. The molecular formula is C28H34O9. The lowest BCUT2D eigenvalue weighted by molar-refractivity contribution is 0.262. The minimum Gasteiger partial charge on any atom is -0.507 e. The topological polar surface area (TPSA) is 182 Å². The third-order valence-corrected chi connectivity index (χ3v) is 7.07. The Morgan fingerprint density at radius 1 is 0.486 bits per heavy atom. The number of rotatable bonds is 11. The van der Waals surface area contributed by atoms with Crippen LogP contribution in [0.15, 0.2) is 36.4 Å². The number of phenols is 3. The van der Waals surface area contributed by atoms with Crippen LogP contribution >= 0.6 is 0 Å². The van der Waals surface area contributed by atoms with Crippen molar-refractivity contribution >= 4 is 0 Å². The predicted molar refractivity (Wildman–Crippen MR) is 135 cm³/mol. The van der Waals surface area contributed by atoms with Gasteiger partial charge in [-0.3, -0.25) is 0 Å². The summed E-state index contributed by atoms with van der Waals surface area (Å²) in [7, 11) is 0. The normalized spacial score (nSPS) is 11.8. The zero-order valence-corrected chi connectivity index (χ0v) is 20.6. The van der Waals surface area contributed by atoms with Crippen LogP contribution < -0.4 is 0 Å². The molecule has 200 valence electrons. The van der Waals surface area contributed by atoms with Crippen LogP contribution in [0.2, 0.25) is 0 Å². The number of hydrogen-bond donors (Lipinski definition) is 9. The van der Waals surface area contributed by atoms with E-state index in [0.29, 0.717) is 24.0 Å². The van der Waals surface area contributed by atoms with E-state index in [4.69, 9.17) is 0 Å². The molecule has 0 unspecified atom stereocenters. The summed E-state index contributed by atoms with van der Waals surface area (Å²) in [5.41, 5.74) is 2.49. The number of aliphatic hydroxyl groups excluding tert-OH is 6. The molecule has 0 aliphatic heterocycles. The summed E-state index contributed by atoms with van der Waals surface area (Å²) in [6.07, 6.45) is 0.777. The molecule has 0 aliphatic carbocycles. The Morgan fingerprint density at radius 2 is 0.757 bits per heavy atom. The van der Waals surface area contributed by atoms with E-state index >= 15 is 0 Å². The van der Waals surface area contributed by atoms with Crippen molar-refractivity contribution < 1.29 is 46.0 Å². The van der Waals surface area contributed by atoms with Crippen molar-refractivity contribution in [2.24, 2.45) is 0 Å². The molecule has 9 nitrogen and oxygen atoms in total. The van der Waals surface area contributed by atoms with Gasteiger partial charge in [-0.15, -0.1) is 0 Å². The number of aryl methyl sites for hydroxylation is 1. The molecule has 0 amide bonds. The van der Waals surface area contributed by atoms with Crippen LogP contribution in [-0.4, -0.2) is 46.0 Å². The van der Waals surface area contributed by atoms with Crippen molar-refractivity contribution in [1.29, 1.82) is 0 Å². The summed E-state index contributed by atoms with van der Waals surface area (Å²) in [5.74, 6) is -0.603. The smallest absolute Gasteiger partial charge is 0.126 e. The fourth-order valence-electron chi connectivity index (χ4n) is 4.71. The zero-order chi connectivity index (χ0) is 27.3. The van der Waals surface area contributed by atoms with Gasteiger partial charge in [0.05, 0.1) is 39.6 Å². The lowest BCUT2D eigenvalue weighted by Gasteiger charge is -2.33. The van der Waals surface area contributed by atoms with Gasteiger partial charge in [0.1, 0.15) is 17.2 Å². The first-order valence-corrected chi connectivity index (χ1v) is 11.9. The van der Waals surface area contributed by atoms with Gasteiger partial charge in [-0.05, 0) is 65.9 Å². The van der Waals surface area contributed by atoms with E-state index in [0.717, 1.165) is 5.56 Å². The predicted octanol–water partition coefficient (Wildman–Crippen LogP) is 1.70. The quantitative estimate of drug-likeness (QED) is 0.184. The van der Waals surface area contributed by atoms with Crippen molar-refractivity contribution in [3.8, 4) is 17.2 Å². The fourth-order valence-corrected chi connectivity index (χ4v) is 4.71. The van der Waals surface area contributed by atoms with E-state index in [1.54, 1.807) is 36.4 Å². The van der Waals surface area contributed by atoms with Gasteiger partial charge in [0.15, 0.2) is 0 Å². The SMILES string of the molecule is CC(CCc1cc(CO)c(O)c(CO)c1)(c1cc(CO)c(O)c(CO)c1)c1cc(CO)c(O)c(CO)c1. The van der Waals surface area contributed by atoms with Crippen LogP contribution in [0.5, 0.6) is 17.2 Å². The van der Waals surface area contributed by atoms with Gasteiger partial charge in [-0.2, -0.15) is 0 Å². The molecule has 9 heteroatoms. The molecule has 0 bridgehead atoms. The molecule has 0 saturated carbocycles. The van der Waals surface area contributed by atoms with E-state index < -0.39 is 45.1 Å². The molecule has 0 fully saturated rings. The molecule has 3 aromatic carbocycles. The lowest BCUT2D eigenvalue weighted by Crippen LogP contribution is -2.26. The first-order chi connectivity index (χ1) is 17.7. The van der Waals surface area contributed by atoms with Crippen LogP contribution in [-0.2, 0) is 51.5 Å². The van der Waals surface area contributed by atoms with E-state index in [1.165, 1.54) is 0 Å². The summed E-state index contributed by atoms with van der Waals surface area (Å²) in [6, 6.07) is 9.75. The van der Waals surface area contributed by atoms with Crippen LogP contribution in [0.25, 0.3) is 0 Å². The van der Waals surface area contributed by atoms with E-state index in [9.17, 15) is 46.0 Å². The van der Waals surface area contributed by atoms with Crippen LogP contribution in [0, 0.1) is 0 Å². The molecule has 0 aliphatic rings. The molecule has 0 radical (unpaired) electrons. The van der Waals surface area contributed by atoms with E-state index in [2.05, 4.69) is 0 Å². The van der Waals surface area contributed by atoms with Crippen molar-refractivity contribution in [3.63, 3.8) is 0 Å². The van der Waals surface area contributed by atoms with Gasteiger partial charge < -0.3 is 46.0 Å². The average molecular weight is 515 g/mol. The molecule has 3 aromatic rings. The lowest BCUT2D eigenvalue weighted by atomic mass is 9.70. The van der Waals surface area contributed by atoms with E-state index in [1.807, 2.05) is 6.92 Å². The highest BCUT2D eigenvalue weighted by Gasteiger charge is 2.32. The highest BCUT2D eigenvalue weighted by atomic mass is 16.3. The van der Waals surface area contributed by atoms with E-state index in [-0.39, 0.29) is 50.6 Å². The minimum atomic E-state index is -0.889. The highest BCUT2D eigenvalue weighted by molar-refractivity contribution is 5.53. The Balaban J connectivity index is 2.22. The maximum atomic E-state index is 10.4. The number of hydrogen-bond acceptors (Lipinski definition) is 9. The first kappa shape index (κ1) is 28.4. The monoisotopic (exact) mass is 514 g/mol. The summed E-state index contributed by atoms with van der Waals surface area (Å²) in [6.45, 7) is -0.839. The second kappa shape index (κ2) is 11.9. The Labute approximate surface area is 214 Å². The third-order valence-electron chi connectivity index (χ3n) is 7.07. The number of benzene rings is 3. The maximum Gasteiger partial charge on any atom is 0.126 e. The fraction of sp³-hybridized carbons (Fsp3) is 0.357. The first-order valence-electron chi connectivity index (χ1n) is 11.9. The van der Waals surface area contributed by atoms with Gasteiger partial charge in [0, 0.05) is 38.8 Å². The molecular weight excluding hydrogens is 480 g/mol. The van der Waals surface area contributed by atoms with Gasteiger partial charge in [-0.1, -0.05) is 6.92 Å². The molecule has 9 N–H and O–H groups in total. The highest BCUT2D eigenvalue weighted by Crippen LogP contribution is 2.42. The minimum absolute atomic E-state index is 0.172. The second-order valence-electron chi connectivity index (χ2n) is 9.33. The Hall–Kier alpha value is -3.18. The molecule has 0 saturated heterocycles. The molecule has 0 aromatic heterocycles. The van der Waals surface area contributed by atoms with Crippen molar-refractivity contribution in [3.05, 3.63) is 86.5 Å². The summed E-state index contributed by atoms with van der Waals surface area (Å²) >= 11 is 0. The van der Waals surface area contributed by atoms with Crippen LogP contribution in [0.3, 0.4) is 0 Å². The van der Waals surface area contributed by atoms with Crippen LogP contribution in [0.4, 0.5) is 0 Å². The Kier molecular flexibility index (Phi) is 9.14. The second-order valence-corrected chi connectivity index (χ2v) is 9.33. The summed E-state index contributed by atoms with van der Waals surface area (Å²) < 4.78 is 0. The summed E-state index contributed by atoms with van der Waals surface area (Å²) in [5, 5.41) is 89.7. The Morgan fingerprint density at radius 3 is 1.03 bits per heavy atom. The standard InChI is InChI=1S/C28H34O9/c1-28(23-6-19(12-31)26(36)20(7-23)13-32,24-8-21(14-33)27(37)22(9-24)15-34)3-2-16-4-17(10-29)25(35)18(5-16)11-30/h4-9,29-37H,2-3,10-15H2,1H3. The molecule has 0 atom stereocenters. The van der Waals surface area contributed by atoms with Crippen molar-refractivity contribution in [2.45, 2.75) is 64.8 Å². The van der Waals surface area contributed by atoms with Crippen molar-refractivity contribution in [2.75, 3.05) is 0 Å². The number of aliphatic hydroxyl groups is 6. The summed E-state index contributed by atoms with van der Waals surface area (Å²) in [4.78, 5) is 0. The molecule has 3 rings (SSSR count).